The van der Waals surface area contributed by atoms with Crippen LogP contribution in [0.5, 0.6) is 5.75 Å². The summed E-state index contributed by atoms with van der Waals surface area (Å²) >= 11 is 5.86. The van der Waals surface area contributed by atoms with Crippen molar-refractivity contribution in [3.8, 4) is 5.75 Å². The fourth-order valence-corrected chi connectivity index (χ4v) is 3.34. The van der Waals surface area contributed by atoms with Crippen LogP contribution in [0.4, 0.5) is 10.5 Å². The summed E-state index contributed by atoms with van der Waals surface area (Å²) in [6.45, 7) is 1.41. The molecule has 0 saturated carbocycles. The van der Waals surface area contributed by atoms with Crippen molar-refractivity contribution in [2.45, 2.75) is 13.0 Å². The number of amides is 2. The highest BCUT2D eigenvalue weighted by Gasteiger charge is 2.34. The van der Waals surface area contributed by atoms with Gasteiger partial charge in [0.15, 0.2) is 0 Å². The van der Waals surface area contributed by atoms with E-state index in [0.29, 0.717) is 16.3 Å². The molecule has 0 bridgehead atoms. The lowest BCUT2D eigenvalue weighted by Gasteiger charge is -2.29. The van der Waals surface area contributed by atoms with E-state index in [1.54, 1.807) is 31.2 Å². The second kappa shape index (κ2) is 10.1. The van der Waals surface area contributed by atoms with Crippen LogP contribution in [-0.4, -0.2) is 38.3 Å². The SMILES string of the molecule is CCOC(=O)C1=C(COC(=O)c2ccc(Cl)cc2N)NC(=O)NC1c1ccc(OC)cc1. The Bertz CT molecular complexity index is 1070. The fourth-order valence-electron chi connectivity index (χ4n) is 3.16. The Morgan fingerprint density at radius 3 is 2.44 bits per heavy atom. The predicted octanol–water partition coefficient (Wildman–Crippen LogP) is 2.96. The number of nitrogen functional groups attached to an aromatic ring is 1. The van der Waals surface area contributed by atoms with Crippen molar-refractivity contribution >= 4 is 35.3 Å². The minimum absolute atomic E-state index is 0.105. The van der Waals surface area contributed by atoms with Gasteiger partial charge < -0.3 is 30.6 Å². The minimum atomic E-state index is -0.817. The van der Waals surface area contributed by atoms with Crippen molar-refractivity contribution in [1.82, 2.24) is 10.6 Å². The monoisotopic (exact) mass is 459 g/mol. The van der Waals surface area contributed by atoms with E-state index in [2.05, 4.69) is 10.6 Å². The van der Waals surface area contributed by atoms with Crippen molar-refractivity contribution in [1.29, 1.82) is 0 Å². The maximum Gasteiger partial charge on any atom is 0.340 e. The average Bonchev–Trinajstić information content (AvgIpc) is 2.77. The first kappa shape index (κ1) is 23.0. The average molecular weight is 460 g/mol. The Morgan fingerprint density at radius 1 is 1.09 bits per heavy atom. The van der Waals surface area contributed by atoms with Gasteiger partial charge in [0, 0.05) is 10.7 Å². The molecule has 0 saturated heterocycles. The molecule has 2 aromatic rings. The van der Waals surface area contributed by atoms with Crippen molar-refractivity contribution in [3.05, 3.63) is 69.9 Å². The summed E-state index contributed by atoms with van der Waals surface area (Å²) in [7, 11) is 1.53. The topological polar surface area (TPSA) is 129 Å². The lowest BCUT2D eigenvalue weighted by atomic mass is 9.95. The zero-order valence-electron chi connectivity index (χ0n) is 17.4. The highest BCUT2D eigenvalue weighted by molar-refractivity contribution is 6.31. The summed E-state index contributed by atoms with van der Waals surface area (Å²) in [5.41, 5.74) is 6.93. The lowest BCUT2D eigenvalue weighted by Crippen LogP contribution is -2.47. The zero-order chi connectivity index (χ0) is 23.3. The molecule has 0 fully saturated rings. The number of anilines is 1. The molecular formula is C22H22ClN3O6. The van der Waals surface area contributed by atoms with E-state index in [1.807, 2.05) is 0 Å². The fraction of sp³-hybridized carbons (Fsp3) is 0.227. The van der Waals surface area contributed by atoms with Crippen LogP contribution >= 0.6 is 11.6 Å². The van der Waals surface area contributed by atoms with Crippen LogP contribution in [0.2, 0.25) is 5.02 Å². The zero-order valence-corrected chi connectivity index (χ0v) is 18.2. The third-order valence-electron chi connectivity index (χ3n) is 4.68. The third kappa shape index (κ3) is 5.12. The standard InChI is InChI=1S/C22H22ClN3O6/c1-3-31-21(28)18-17(11-32-20(27)15-9-6-13(23)10-16(15)24)25-22(29)26-19(18)12-4-7-14(30-2)8-5-12/h4-10,19H,3,11,24H2,1-2H3,(H2,25,26,29). The molecule has 1 aliphatic rings. The molecule has 10 heteroatoms. The maximum absolute atomic E-state index is 12.8. The molecule has 1 atom stereocenters. The second-order valence-corrected chi connectivity index (χ2v) is 7.16. The second-order valence-electron chi connectivity index (χ2n) is 6.73. The number of carbonyl (C=O) groups excluding carboxylic acids is 3. The van der Waals surface area contributed by atoms with Crippen LogP contribution in [0.25, 0.3) is 0 Å². The Hall–Kier alpha value is -3.72. The van der Waals surface area contributed by atoms with Gasteiger partial charge >= 0.3 is 18.0 Å². The van der Waals surface area contributed by atoms with Gasteiger partial charge in [0.1, 0.15) is 12.4 Å². The third-order valence-corrected chi connectivity index (χ3v) is 4.91. The molecule has 0 spiro atoms. The number of hydrogen-bond acceptors (Lipinski definition) is 7. The van der Waals surface area contributed by atoms with Gasteiger partial charge in [0.2, 0.25) is 0 Å². The first-order valence-electron chi connectivity index (χ1n) is 9.67. The van der Waals surface area contributed by atoms with Crippen LogP contribution in [0.1, 0.15) is 28.9 Å². The number of rotatable bonds is 7. The first-order valence-corrected chi connectivity index (χ1v) is 10.1. The van der Waals surface area contributed by atoms with Gasteiger partial charge in [-0.15, -0.1) is 0 Å². The number of nitrogens with two attached hydrogens (primary N) is 1. The molecular weight excluding hydrogens is 438 g/mol. The number of hydrogen-bond donors (Lipinski definition) is 3. The minimum Gasteiger partial charge on any atom is -0.497 e. The molecule has 32 heavy (non-hydrogen) atoms. The Labute approximate surface area is 189 Å². The number of nitrogens with one attached hydrogen (secondary N) is 2. The van der Waals surface area contributed by atoms with E-state index in [9.17, 15) is 14.4 Å². The number of carbonyl (C=O) groups is 3. The summed E-state index contributed by atoms with van der Waals surface area (Å²) in [6.07, 6.45) is 0. The number of methoxy groups -OCH3 is 1. The Balaban J connectivity index is 1.92. The molecule has 168 valence electrons. The molecule has 0 radical (unpaired) electrons. The Kier molecular flexibility index (Phi) is 7.21. The van der Waals surface area contributed by atoms with Crippen LogP contribution < -0.4 is 21.1 Å². The quantitative estimate of drug-likeness (QED) is 0.428. The highest BCUT2D eigenvalue weighted by atomic mass is 35.5. The number of ether oxygens (including phenoxy) is 3. The van der Waals surface area contributed by atoms with Crippen LogP contribution in [0.15, 0.2) is 53.7 Å². The molecule has 0 aromatic heterocycles. The maximum atomic E-state index is 12.8. The van der Waals surface area contributed by atoms with Crippen molar-refractivity contribution in [3.63, 3.8) is 0 Å². The number of esters is 2. The van der Waals surface area contributed by atoms with Gasteiger partial charge in [-0.05, 0) is 42.8 Å². The van der Waals surface area contributed by atoms with Crippen LogP contribution in [0.3, 0.4) is 0 Å². The molecule has 1 unspecified atom stereocenters. The van der Waals surface area contributed by atoms with Gasteiger partial charge in [-0.2, -0.15) is 0 Å². The summed E-state index contributed by atoms with van der Waals surface area (Å²) in [6, 6.07) is 9.82. The van der Waals surface area contributed by atoms with E-state index < -0.39 is 24.0 Å². The smallest absolute Gasteiger partial charge is 0.340 e. The lowest BCUT2D eigenvalue weighted by molar-refractivity contribution is -0.139. The molecule has 9 nitrogen and oxygen atoms in total. The van der Waals surface area contributed by atoms with Gasteiger partial charge in [-0.3, -0.25) is 0 Å². The van der Waals surface area contributed by atoms with Crippen molar-refractivity contribution in [2.75, 3.05) is 26.1 Å². The van der Waals surface area contributed by atoms with Crippen LogP contribution in [-0.2, 0) is 14.3 Å². The van der Waals surface area contributed by atoms with E-state index in [4.69, 9.17) is 31.5 Å². The molecule has 2 amide bonds. The molecule has 0 aliphatic carbocycles. The summed E-state index contributed by atoms with van der Waals surface area (Å²) in [4.78, 5) is 37.6. The van der Waals surface area contributed by atoms with E-state index in [0.717, 1.165) is 0 Å². The van der Waals surface area contributed by atoms with E-state index >= 15 is 0 Å². The highest BCUT2D eigenvalue weighted by Crippen LogP contribution is 2.29. The summed E-state index contributed by atoms with van der Waals surface area (Å²) < 4.78 is 15.7. The number of urea groups is 1. The van der Waals surface area contributed by atoms with E-state index in [-0.39, 0.29) is 35.7 Å². The van der Waals surface area contributed by atoms with E-state index in [1.165, 1.54) is 25.3 Å². The van der Waals surface area contributed by atoms with Gasteiger partial charge in [0.25, 0.3) is 0 Å². The van der Waals surface area contributed by atoms with Crippen molar-refractivity contribution in [2.24, 2.45) is 0 Å². The molecule has 1 heterocycles. The number of benzene rings is 2. The molecule has 2 aromatic carbocycles. The normalized spacial score (nSPS) is 15.5. The number of halogens is 1. The summed E-state index contributed by atoms with van der Waals surface area (Å²) in [5, 5.41) is 5.61. The molecule has 3 rings (SSSR count). The first-order chi connectivity index (χ1) is 15.3. The molecule has 4 N–H and O–H groups in total. The van der Waals surface area contributed by atoms with Crippen LogP contribution in [0, 0.1) is 0 Å². The summed E-state index contributed by atoms with van der Waals surface area (Å²) in [5.74, 6) is -0.771. The predicted molar refractivity (Wildman–Crippen MR) is 117 cm³/mol. The largest absolute Gasteiger partial charge is 0.497 e. The van der Waals surface area contributed by atoms with Gasteiger partial charge in [-0.25, -0.2) is 14.4 Å². The van der Waals surface area contributed by atoms with Gasteiger partial charge in [0.05, 0.1) is 36.6 Å². The van der Waals surface area contributed by atoms with Gasteiger partial charge in [-0.1, -0.05) is 23.7 Å². The Morgan fingerprint density at radius 2 is 1.81 bits per heavy atom. The molecule has 1 aliphatic heterocycles. The van der Waals surface area contributed by atoms with Crippen molar-refractivity contribution < 1.29 is 28.6 Å².